The van der Waals surface area contributed by atoms with Crippen molar-refractivity contribution >= 4 is 50.8 Å². The van der Waals surface area contributed by atoms with Crippen LogP contribution in [0.25, 0.3) is 21.9 Å². The van der Waals surface area contributed by atoms with Crippen molar-refractivity contribution in [3.63, 3.8) is 0 Å². The minimum Gasteiger partial charge on any atom is -0.382 e. The molecule has 4 N–H and O–H groups in total. The van der Waals surface area contributed by atoms with Crippen LogP contribution in [-0.2, 0) is 17.9 Å². The van der Waals surface area contributed by atoms with E-state index in [-0.39, 0.29) is 0 Å². The van der Waals surface area contributed by atoms with Crippen LogP contribution >= 0.6 is 12.2 Å². The molecule has 0 saturated carbocycles. The number of ether oxygens (including phenoxy) is 1. The van der Waals surface area contributed by atoms with Gasteiger partial charge in [0.25, 0.3) is 0 Å². The molecule has 2 aromatic heterocycles. The van der Waals surface area contributed by atoms with Crippen molar-refractivity contribution in [1.82, 2.24) is 19.9 Å². The molecule has 0 aliphatic carbocycles. The van der Waals surface area contributed by atoms with Gasteiger partial charge in [-0.3, -0.25) is 0 Å². The molecular weight excluding hydrogens is 434 g/mol. The number of pyridine rings is 1. The normalized spacial score (nSPS) is 10.9. The zero-order chi connectivity index (χ0) is 23.2. The molecule has 0 unspecified atom stereocenters. The van der Waals surface area contributed by atoms with Crippen molar-refractivity contribution in [2.24, 2.45) is 0 Å². The second kappa shape index (κ2) is 10.3. The highest BCUT2D eigenvalue weighted by Gasteiger charge is 2.17. The second-order valence-electron chi connectivity index (χ2n) is 7.46. The molecule has 33 heavy (non-hydrogen) atoms. The van der Waals surface area contributed by atoms with Gasteiger partial charge in [0.2, 0.25) is 0 Å². The Bertz CT molecular complexity index is 1340. The Morgan fingerprint density at radius 3 is 2.88 bits per heavy atom. The Kier molecular flexibility index (Phi) is 6.98. The van der Waals surface area contributed by atoms with Gasteiger partial charge in [-0.25, -0.2) is 9.97 Å². The summed E-state index contributed by atoms with van der Waals surface area (Å²) in [5.41, 5.74) is 10.1. The average molecular weight is 460 g/mol. The van der Waals surface area contributed by atoms with E-state index in [1.165, 1.54) is 0 Å². The number of hydrogen-bond acceptors (Lipinski definition) is 6. The summed E-state index contributed by atoms with van der Waals surface area (Å²) in [7, 11) is 0. The first-order valence-corrected chi connectivity index (χ1v) is 11.2. The number of nitrogens with two attached hydrogens (primary N) is 1. The second-order valence-corrected chi connectivity index (χ2v) is 7.86. The third-order valence-electron chi connectivity index (χ3n) is 5.22. The van der Waals surface area contributed by atoms with E-state index in [0.717, 1.165) is 34.4 Å². The van der Waals surface area contributed by atoms with Crippen molar-refractivity contribution in [3.8, 4) is 6.07 Å². The van der Waals surface area contributed by atoms with Crippen molar-refractivity contribution in [2.75, 3.05) is 24.2 Å². The first kappa shape index (κ1) is 22.5. The maximum atomic E-state index is 9.04. The van der Waals surface area contributed by atoms with Gasteiger partial charge in [-0.05, 0) is 49.8 Å². The number of para-hydroxylation sites is 1. The standard InChI is InChI=1S/C24H25N7OS/c1-2-32-15-20-30-21-22(18-9-3-4-10-19(18)29-23(21)26)31(20)12-6-11-27-24(33)28-17-8-5-7-16(13-17)14-25/h3-5,7-10,13H,2,6,11-12,15H2,1H3,(H2,26,29)(H2,27,28,33). The number of aryl methyl sites for hydroxylation is 1. The van der Waals surface area contributed by atoms with Crippen LogP contribution in [0.5, 0.6) is 0 Å². The molecule has 4 rings (SSSR count). The fourth-order valence-corrected chi connectivity index (χ4v) is 3.95. The van der Waals surface area contributed by atoms with E-state index in [0.29, 0.717) is 48.3 Å². The van der Waals surface area contributed by atoms with Crippen LogP contribution in [0.1, 0.15) is 24.7 Å². The van der Waals surface area contributed by atoms with Gasteiger partial charge in [-0.2, -0.15) is 5.26 Å². The number of aromatic nitrogens is 3. The Hall–Kier alpha value is -3.74. The Morgan fingerprint density at radius 1 is 1.21 bits per heavy atom. The Labute approximate surface area is 197 Å². The molecule has 0 spiro atoms. The molecule has 0 atom stereocenters. The summed E-state index contributed by atoms with van der Waals surface area (Å²) in [5.74, 6) is 1.24. The molecule has 9 heteroatoms. The maximum absolute atomic E-state index is 9.04. The van der Waals surface area contributed by atoms with E-state index in [9.17, 15) is 0 Å². The number of anilines is 2. The molecule has 0 fully saturated rings. The highest BCUT2D eigenvalue weighted by Crippen LogP contribution is 2.29. The summed E-state index contributed by atoms with van der Waals surface area (Å²) in [6.45, 7) is 4.35. The highest BCUT2D eigenvalue weighted by atomic mass is 32.1. The van der Waals surface area contributed by atoms with E-state index < -0.39 is 0 Å². The number of benzene rings is 2. The van der Waals surface area contributed by atoms with E-state index in [1.54, 1.807) is 12.1 Å². The lowest BCUT2D eigenvalue weighted by Gasteiger charge is -2.13. The van der Waals surface area contributed by atoms with Gasteiger partial charge in [-0.15, -0.1) is 0 Å². The van der Waals surface area contributed by atoms with E-state index in [1.807, 2.05) is 43.3 Å². The third kappa shape index (κ3) is 5.03. The number of nitrogen functional groups attached to an aromatic ring is 1. The summed E-state index contributed by atoms with van der Waals surface area (Å²) in [4.78, 5) is 9.27. The van der Waals surface area contributed by atoms with E-state index >= 15 is 0 Å². The number of fused-ring (bicyclic) bond motifs is 3. The van der Waals surface area contributed by atoms with Gasteiger partial charge in [0.15, 0.2) is 10.9 Å². The Morgan fingerprint density at radius 2 is 2.06 bits per heavy atom. The molecule has 8 nitrogen and oxygen atoms in total. The first-order chi connectivity index (χ1) is 16.1. The summed E-state index contributed by atoms with van der Waals surface area (Å²) in [5, 5.41) is 16.9. The van der Waals surface area contributed by atoms with E-state index in [2.05, 4.69) is 26.3 Å². The van der Waals surface area contributed by atoms with Gasteiger partial charge >= 0.3 is 0 Å². The summed E-state index contributed by atoms with van der Waals surface area (Å²) in [6.07, 6.45) is 0.807. The topological polar surface area (TPSA) is 114 Å². The van der Waals surface area contributed by atoms with Crippen LogP contribution in [0.2, 0.25) is 0 Å². The molecule has 2 heterocycles. The van der Waals surface area contributed by atoms with E-state index in [4.69, 9.17) is 32.9 Å². The van der Waals surface area contributed by atoms with Crippen LogP contribution in [0.4, 0.5) is 11.5 Å². The smallest absolute Gasteiger partial charge is 0.170 e. The Balaban J connectivity index is 1.49. The fraction of sp³-hybridized carbons (Fsp3) is 0.250. The quantitative estimate of drug-likeness (QED) is 0.268. The molecule has 4 aromatic rings. The lowest BCUT2D eigenvalue weighted by atomic mass is 10.2. The molecule has 0 aliphatic heterocycles. The fourth-order valence-electron chi connectivity index (χ4n) is 3.73. The van der Waals surface area contributed by atoms with Crippen LogP contribution in [-0.4, -0.2) is 32.8 Å². The van der Waals surface area contributed by atoms with Crippen LogP contribution in [0.15, 0.2) is 48.5 Å². The number of rotatable bonds is 8. The summed E-state index contributed by atoms with van der Waals surface area (Å²) in [6, 6.07) is 17.3. The van der Waals surface area contributed by atoms with Gasteiger partial charge < -0.3 is 25.7 Å². The largest absolute Gasteiger partial charge is 0.382 e. The third-order valence-corrected chi connectivity index (χ3v) is 5.46. The van der Waals surface area contributed by atoms with Crippen LogP contribution in [0.3, 0.4) is 0 Å². The average Bonchev–Trinajstić information content (AvgIpc) is 3.20. The summed E-state index contributed by atoms with van der Waals surface area (Å²) >= 11 is 5.40. The molecule has 0 saturated heterocycles. The lowest BCUT2D eigenvalue weighted by Crippen LogP contribution is -2.29. The highest BCUT2D eigenvalue weighted by molar-refractivity contribution is 7.80. The summed E-state index contributed by atoms with van der Waals surface area (Å²) < 4.78 is 7.82. The molecule has 0 amide bonds. The zero-order valence-corrected chi connectivity index (χ0v) is 19.2. The zero-order valence-electron chi connectivity index (χ0n) is 18.3. The first-order valence-electron chi connectivity index (χ1n) is 10.8. The number of nitrogens with one attached hydrogen (secondary N) is 2. The number of thiocarbonyl (C=S) groups is 1. The number of nitriles is 1. The maximum Gasteiger partial charge on any atom is 0.170 e. The minimum absolute atomic E-state index is 0.404. The minimum atomic E-state index is 0.404. The van der Waals surface area contributed by atoms with Crippen LogP contribution < -0.4 is 16.4 Å². The van der Waals surface area contributed by atoms with Crippen molar-refractivity contribution in [3.05, 3.63) is 59.9 Å². The molecule has 0 radical (unpaired) electrons. The molecule has 2 aromatic carbocycles. The number of nitrogens with zero attached hydrogens (tertiary/aromatic N) is 4. The number of imidazole rings is 1. The van der Waals surface area contributed by atoms with Gasteiger partial charge in [0.1, 0.15) is 17.9 Å². The van der Waals surface area contributed by atoms with Gasteiger partial charge in [0, 0.05) is 30.8 Å². The molecule has 0 aliphatic rings. The van der Waals surface area contributed by atoms with Crippen molar-refractivity contribution in [2.45, 2.75) is 26.5 Å². The number of hydrogen-bond donors (Lipinski definition) is 3. The SMILES string of the molecule is CCOCc1nc2c(N)nc3ccccc3c2n1CCCNC(=S)Nc1cccc(C#N)c1. The van der Waals surface area contributed by atoms with Gasteiger partial charge in [-0.1, -0.05) is 24.3 Å². The van der Waals surface area contributed by atoms with Crippen LogP contribution in [0, 0.1) is 11.3 Å². The van der Waals surface area contributed by atoms with Crippen molar-refractivity contribution in [1.29, 1.82) is 5.26 Å². The molecular formula is C24H25N7OS. The molecule has 0 bridgehead atoms. The predicted molar refractivity (Wildman–Crippen MR) is 135 cm³/mol. The van der Waals surface area contributed by atoms with Crippen molar-refractivity contribution < 1.29 is 4.74 Å². The monoisotopic (exact) mass is 459 g/mol. The predicted octanol–water partition coefficient (Wildman–Crippen LogP) is 3.95. The lowest BCUT2D eigenvalue weighted by molar-refractivity contribution is 0.126. The molecule has 168 valence electrons. The van der Waals surface area contributed by atoms with Gasteiger partial charge in [0.05, 0.1) is 22.7 Å².